The SMILES string of the molecule is Cc1ccc(NC(=O)CN(C)C(=O)[C@@H](C)[NH+]2CCC(C(N)=O)CC2)cc1. The van der Waals surface area contributed by atoms with Gasteiger partial charge in [-0.05, 0) is 26.0 Å². The number of piperidine rings is 1. The summed E-state index contributed by atoms with van der Waals surface area (Å²) in [5, 5.41) is 2.80. The van der Waals surface area contributed by atoms with Gasteiger partial charge >= 0.3 is 0 Å². The Morgan fingerprint density at radius 1 is 1.23 bits per heavy atom. The van der Waals surface area contributed by atoms with E-state index < -0.39 is 0 Å². The average Bonchev–Trinajstić information content (AvgIpc) is 2.62. The zero-order valence-corrected chi connectivity index (χ0v) is 15.7. The molecule has 142 valence electrons. The first-order chi connectivity index (χ1) is 12.3. The Bertz CT molecular complexity index is 651. The molecule has 0 radical (unpaired) electrons. The minimum Gasteiger partial charge on any atom is -0.369 e. The third kappa shape index (κ3) is 5.29. The second-order valence-corrected chi connectivity index (χ2v) is 7.17. The number of hydrogen-bond donors (Lipinski definition) is 3. The highest BCUT2D eigenvalue weighted by Crippen LogP contribution is 2.10. The second-order valence-electron chi connectivity index (χ2n) is 7.17. The Balaban J connectivity index is 1.83. The molecule has 26 heavy (non-hydrogen) atoms. The number of quaternary nitrogens is 1. The van der Waals surface area contributed by atoms with Crippen LogP contribution in [0.15, 0.2) is 24.3 Å². The summed E-state index contributed by atoms with van der Waals surface area (Å²) in [5.41, 5.74) is 7.19. The van der Waals surface area contributed by atoms with Crippen LogP contribution in [0, 0.1) is 12.8 Å². The maximum absolute atomic E-state index is 12.6. The number of nitrogens with zero attached hydrogens (tertiary/aromatic N) is 1. The van der Waals surface area contributed by atoms with Gasteiger partial charge in [0.05, 0.1) is 19.6 Å². The molecule has 1 aliphatic rings. The molecule has 0 saturated carbocycles. The number of likely N-dealkylation sites (N-methyl/N-ethyl adjacent to an activating group) is 1. The minimum atomic E-state index is -0.257. The Morgan fingerprint density at radius 3 is 2.35 bits per heavy atom. The van der Waals surface area contributed by atoms with Crippen LogP contribution < -0.4 is 16.0 Å². The van der Waals surface area contributed by atoms with Crippen LogP contribution in [0.5, 0.6) is 0 Å². The number of likely N-dealkylation sites (tertiary alicyclic amines) is 1. The van der Waals surface area contributed by atoms with Crippen LogP contribution in [-0.2, 0) is 14.4 Å². The average molecular weight is 361 g/mol. The molecule has 0 bridgehead atoms. The molecule has 1 heterocycles. The lowest BCUT2D eigenvalue weighted by molar-refractivity contribution is -0.920. The van der Waals surface area contributed by atoms with Crippen LogP contribution in [0.1, 0.15) is 25.3 Å². The molecule has 1 aliphatic heterocycles. The molecule has 7 nitrogen and oxygen atoms in total. The first-order valence-electron chi connectivity index (χ1n) is 9.03. The molecule has 1 aromatic rings. The zero-order valence-electron chi connectivity index (χ0n) is 15.7. The number of hydrogen-bond acceptors (Lipinski definition) is 3. The van der Waals surface area contributed by atoms with Crippen LogP contribution in [0.4, 0.5) is 5.69 Å². The van der Waals surface area contributed by atoms with E-state index in [1.54, 1.807) is 7.05 Å². The number of nitrogens with two attached hydrogens (primary N) is 1. The Hall–Kier alpha value is -2.41. The van der Waals surface area contributed by atoms with Crippen molar-refractivity contribution in [2.45, 2.75) is 32.7 Å². The fourth-order valence-electron chi connectivity index (χ4n) is 3.34. The van der Waals surface area contributed by atoms with Crippen LogP contribution >= 0.6 is 0 Å². The topological polar surface area (TPSA) is 96.9 Å². The van der Waals surface area contributed by atoms with Crippen molar-refractivity contribution in [2.75, 3.05) is 32.0 Å². The molecule has 4 N–H and O–H groups in total. The smallest absolute Gasteiger partial charge is 0.280 e. The van der Waals surface area contributed by atoms with Crippen molar-refractivity contribution in [3.63, 3.8) is 0 Å². The van der Waals surface area contributed by atoms with Gasteiger partial charge in [0.1, 0.15) is 0 Å². The molecule has 1 atom stereocenters. The lowest BCUT2D eigenvalue weighted by atomic mass is 9.95. The van der Waals surface area contributed by atoms with Crippen molar-refractivity contribution >= 4 is 23.4 Å². The van der Waals surface area contributed by atoms with Crippen molar-refractivity contribution in [1.82, 2.24) is 4.90 Å². The van der Waals surface area contributed by atoms with E-state index in [9.17, 15) is 14.4 Å². The Kier molecular flexibility index (Phi) is 6.74. The summed E-state index contributed by atoms with van der Waals surface area (Å²) in [6.45, 7) is 5.34. The van der Waals surface area contributed by atoms with E-state index in [2.05, 4.69) is 5.32 Å². The van der Waals surface area contributed by atoms with Gasteiger partial charge in [-0.25, -0.2) is 0 Å². The molecule has 2 rings (SSSR count). The third-order valence-electron chi connectivity index (χ3n) is 5.11. The van der Waals surface area contributed by atoms with E-state index in [0.29, 0.717) is 18.5 Å². The minimum absolute atomic E-state index is 0.00818. The maximum Gasteiger partial charge on any atom is 0.280 e. The lowest BCUT2D eigenvalue weighted by Crippen LogP contribution is -3.17. The van der Waals surface area contributed by atoms with E-state index in [4.69, 9.17) is 5.73 Å². The van der Waals surface area contributed by atoms with Crippen LogP contribution in [0.2, 0.25) is 0 Å². The van der Waals surface area contributed by atoms with Gasteiger partial charge in [0.25, 0.3) is 5.91 Å². The van der Waals surface area contributed by atoms with Crippen molar-refractivity contribution < 1.29 is 19.3 Å². The predicted octanol–water partition coefficient (Wildman–Crippen LogP) is -0.439. The molecular formula is C19H29N4O3+. The molecule has 7 heteroatoms. The van der Waals surface area contributed by atoms with E-state index in [1.165, 1.54) is 4.90 Å². The van der Waals surface area contributed by atoms with Gasteiger partial charge in [0, 0.05) is 31.5 Å². The van der Waals surface area contributed by atoms with E-state index in [1.807, 2.05) is 38.1 Å². The van der Waals surface area contributed by atoms with E-state index in [0.717, 1.165) is 23.6 Å². The summed E-state index contributed by atoms with van der Waals surface area (Å²) >= 11 is 0. The van der Waals surface area contributed by atoms with Crippen molar-refractivity contribution in [2.24, 2.45) is 11.7 Å². The molecule has 1 fully saturated rings. The summed E-state index contributed by atoms with van der Waals surface area (Å²) in [5.74, 6) is -0.636. The van der Waals surface area contributed by atoms with E-state index in [-0.39, 0.29) is 36.2 Å². The zero-order chi connectivity index (χ0) is 19.3. The van der Waals surface area contributed by atoms with Crippen molar-refractivity contribution in [3.8, 4) is 0 Å². The Labute approximate surface area is 154 Å². The van der Waals surface area contributed by atoms with Crippen LogP contribution in [-0.4, -0.2) is 55.3 Å². The monoisotopic (exact) mass is 361 g/mol. The molecule has 3 amide bonds. The van der Waals surface area contributed by atoms with Gasteiger partial charge in [-0.3, -0.25) is 14.4 Å². The first kappa shape index (κ1) is 19.9. The van der Waals surface area contributed by atoms with Crippen LogP contribution in [0.3, 0.4) is 0 Å². The number of rotatable bonds is 6. The molecular weight excluding hydrogens is 332 g/mol. The molecule has 1 saturated heterocycles. The highest BCUT2D eigenvalue weighted by molar-refractivity contribution is 5.94. The number of anilines is 1. The summed E-state index contributed by atoms with van der Waals surface area (Å²) in [4.78, 5) is 38.6. The normalized spacial score (nSPS) is 20.9. The highest BCUT2D eigenvalue weighted by Gasteiger charge is 2.33. The van der Waals surface area contributed by atoms with Gasteiger partial charge in [-0.15, -0.1) is 0 Å². The number of benzene rings is 1. The number of carbonyl (C=O) groups is 3. The third-order valence-corrected chi connectivity index (χ3v) is 5.11. The Morgan fingerprint density at radius 2 is 1.81 bits per heavy atom. The molecule has 0 unspecified atom stereocenters. The summed E-state index contributed by atoms with van der Waals surface area (Å²) < 4.78 is 0. The number of aryl methyl sites for hydroxylation is 1. The molecule has 1 aromatic carbocycles. The van der Waals surface area contributed by atoms with Gasteiger partial charge in [-0.1, -0.05) is 17.7 Å². The summed E-state index contributed by atoms with van der Waals surface area (Å²) in [6, 6.07) is 7.27. The van der Waals surface area contributed by atoms with Gasteiger partial charge < -0.3 is 20.9 Å². The fraction of sp³-hybridized carbons (Fsp3) is 0.526. The van der Waals surface area contributed by atoms with E-state index >= 15 is 0 Å². The predicted molar refractivity (Wildman–Crippen MR) is 99.5 cm³/mol. The van der Waals surface area contributed by atoms with Crippen molar-refractivity contribution in [3.05, 3.63) is 29.8 Å². The van der Waals surface area contributed by atoms with Crippen molar-refractivity contribution in [1.29, 1.82) is 0 Å². The number of nitrogens with one attached hydrogen (secondary N) is 2. The standard InChI is InChI=1S/C19H28N4O3/c1-13-4-6-16(7-5-13)21-17(24)12-22(3)19(26)14(2)23-10-8-15(9-11-23)18(20)25/h4-7,14-15H,8-12H2,1-3H3,(H2,20,25)(H,21,24)/p+1/t14-/m1/s1. The number of amides is 3. The highest BCUT2D eigenvalue weighted by atomic mass is 16.2. The molecule has 0 aliphatic carbocycles. The quantitative estimate of drug-likeness (QED) is 0.641. The number of primary amides is 1. The second kappa shape index (κ2) is 8.80. The van der Waals surface area contributed by atoms with Crippen LogP contribution in [0.25, 0.3) is 0 Å². The first-order valence-corrected chi connectivity index (χ1v) is 9.03. The fourth-order valence-corrected chi connectivity index (χ4v) is 3.34. The number of carbonyl (C=O) groups excluding carboxylic acids is 3. The van der Waals surface area contributed by atoms with Gasteiger partial charge in [-0.2, -0.15) is 0 Å². The maximum atomic E-state index is 12.6. The molecule has 0 aromatic heterocycles. The largest absolute Gasteiger partial charge is 0.369 e. The molecule has 0 spiro atoms. The summed E-state index contributed by atoms with van der Waals surface area (Å²) in [6.07, 6.45) is 1.42. The lowest BCUT2D eigenvalue weighted by Gasteiger charge is -2.33. The summed E-state index contributed by atoms with van der Waals surface area (Å²) in [7, 11) is 1.64. The van der Waals surface area contributed by atoms with Gasteiger partial charge in [0.15, 0.2) is 6.04 Å². The van der Waals surface area contributed by atoms with Gasteiger partial charge in [0.2, 0.25) is 11.8 Å².